The van der Waals surface area contributed by atoms with Crippen LogP contribution in [0.15, 0.2) is 18.3 Å². The van der Waals surface area contributed by atoms with Crippen molar-refractivity contribution in [2.45, 2.75) is 32.7 Å². The van der Waals surface area contributed by atoms with E-state index in [1.54, 1.807) is 0 Å². The second kappa shape index (κ2) is 3.59. The molecule has 0 saturated carbocycles. The molecule has 3 heterocycles. The zero-order chi connectivity index (χ0) is 11.1. The molecule has 16 heavy (non-hydrogen) atoms. The zero-order valence-electron chi connectivity index (χ0n) is 9.83. The van der Waals surface area contributed by atoms with Gasteiger partial charge in [-0.1, -0.05) is 6.07 Å². The van der Waals surface area contributed by atoms with E-state index in [-0.39, 0.29) is 0 Å². The molecular weight excluding hydrogens is 198 g/mol. The number of hydrogen-bond acceptors (Lipinski definition) is 2. The van der Waals surface area contributed by atoms with Gasteiger partial charge in [-0.25, -0.2) is 4.98 Å². The molecule has 3 heteroatoms. The van der Waals surface area contributed by atoms with Crippen molar-refractivity contribution in [1.82, 2.24) is 14.7 Å². The van der Waals surface area contributed by atoms with Gasteiger partial charge >= 0.3 is 0 Å². The maximum Gasteiger partial charge on any atom is 0.110 e. The molecule has 0 aliphatic carbocycles. The minimum absolute atomic E-state index is 0.512. The van der Waals surface area contributed by atoms with E-state index in [0.29, 0.717) is 6.04 Å². The van der Waals surface area contributed by atoms with Crippen molar-refractivity contribution < 1.29 is 0 Å². The molecule has 1 unspecified atom stereocenters. The number of fused-ring (bicyclic) bond motifs is 1. The van der Waals surface area contributed by atoms with Gasteiger partial charge in [-0.2, -0.15) is 0 Å². The summed E-state index contributed by atoms with van der Waals surface area (Å²) >= 11 is 0. The molecule has 1 N–H and O–H groups in total. The van der Waals surface area contributed by atoms with Gasteiger partial charge < -0.3 is 9.72 Å². The van der Waals surface area contributed by atoms with E-state index >= 15 is 0 Å². The monoisotopic (exact) mass is 215 g/mol. The summed E-state index contributed by atoms with van der Waals surface area (Å²) in [7, 11) is 0. The lowest BCUT2D eigenvalue weighted by Gasteiger charge is -2.13. The molecule has 1 aliphatic rings. The molecule has 1 saturated heterocycles. The number of pyridine rings is 1. The van der Waals surface area contributed by atoms with Crippen LogP contribution < -0.4 is 5.32 Å². The van der Waals surface area contributed by atoms with Crippen LogP contribution in [0, 0.1) is 13.8 Å². The highest BCUT2D eigenvalue weighted by Gasteiger charge is 2.20. The third kappa shape index (κ3) is 1.35. The highest BCUT2D eigenvalue weighted by atomic mass is 15.0. The average Bonchev–Trinajstić information content (AvgIpc) is 2.88. The Hall–Kier alpha value is -1.35. The first-order valence-electron chi connectivity index (χ1n) is 5.95. The topological polar surface area (TPSA) is 29.3 Å². The maximum absolute atomic E-state index is 4.56. The van der Waals surface area contributed by atoms with Crippen LogP contribution in [0.1, 0.15) is 36.0 Å². The molecule has 0 bridgehead atoms. The molecule has 1 fully saturated rings. The summed E-state index contributed by atoms with van der Waals surface area (Å²) in [4.78, 5) is 4.56. The quantitative estimate of drug-likeness (QED) is 0.791. The van der Waals surface area contributed by atoms with E-state index in [1.165, 1.54) is 23.9 Å². The average molecular weight is 215 g/mol. The summed E-state index contributed by atoms with van der Waals surface area (Å²) < 4.78 is 2.20. The third-order valence-electron chi connectivity index (χ3n) is 3.48. The molecule has 3 nitrogen and oxygen atoms in total. The van der Waals surface area contributed by atoms with Gasteiger partial charge in [-0.3, -0.25) is 0 Å². The van der Waals surface area contributed by atoms with Crippen LogP contribution in [0.3, 0.4) is 0 Å². The minimum Gasteiger partial charge on any atom is -0.310 e. The first-order valence-corrected chi connectivity index (χ1v) is 5.95. The van der Waals surface area contributed by atoms with Gasteiger partial charge in [0.1, 0.15) is 5.82 Å². The summed E-state index contributed by atoms with van der Waals surface area (Å²) in [5.74, 6) is 1.08. The fourth-order valence-electron chi connectivity index (χ4n) is 2.76. The van der Waals surface area contributed by atoms with E-state index in [2.05, 4.69) is 46.9 Å². The molecule has 2 aromatic heterocycles. The molecule has 1 aliphatic heterocycles. The molecule has 0 aromatic carbocycles. The smallest absolute Gasteiger partial charge is 0.110 e. The van der Waals surface area contributed by atoms with Crippen molar-refractivity contribution >= 4 is 5.52 Å². The highest BCUT2D eigenvalue weighted by molar-refractivity contribution is 5.61. The molecule has 0 spiro atoms. The SMILES string of the molecule is Cc1nc(C)n2cccc(C3CCCN3)c12. The Balaban J connectivity index is 2.23. The summed E-state index contributed by atoms with van der Waals surface area (Å²) in [5, 5.41) is 3.56. The van der Waals surface area contributed by atoms with Crippen molar-refractivity contribution in [2.75, 3.05) is 6.54 Å². The van der Waals surface area contributed by atoms with Gasteiger partial charge in [0.05, 0.1) is 11.2 Å². The van der Waals surface area contributed by atoms with Gasteiger partial charge in [0.15, 0.2) is 0 Å². The lowest BCUT2D eigenvalue weighted by molar-refractivity contribution is 0.649. The fraction of sp³-hybridized carbons (Fsp3) is 0.462. The summed E-state index contributed by atoms with van der Waals surface area (Å²) in [6.07, 6.45) is 4.62. The van der Waals surface area contributed by atoms with Gasteiger partial charge in [0.25, 0.3) is 0 Å². The first-order chi connectivity index (χ1) is 7.77. The largest absolute Gasteiger partial charge is 0.310 e. The Labute approximate surface area is 95.5 Å². The van der Waals surface area contributed by atoms with Gasteiger partial charge in [-0.15, -0.1) is 0 Å². The second-order valence-electron chi connectivity index (χ2n) is 4.58. The van der Waals surface area contributed by atoms with E-state index in [9.17, 15) is 0 Å². The third-order valence-corrected chi connectivity index (χ3v) is 3.48. The predicted octanol–water partition coefficient (Wildman–Crippen LogP) is 2.38. The van der Waals surface area contributed by atoms with E-state index in [4.69, 9.17) is 0 Å². The molecule has 2 aromatic rings. The molecule has 0 amide bonds. The summed E-state index contributed by atoms with van der Waals surface area (Å²) in [6, 6.07) is 4.86. The van der Waals surface area contributed by atoms with Gasteiger partial charge in [-0.05, 0) is 44.9 Å². The predicted molar refractivity (Wildman–Crippen MR) is 64.6 cm³/mol. The minimum atomic E-state index is 0.512. The zero-order valence-corrected chi connectivity index (χ0v) is 9.83. The van der Waals surface area contributed by atoms with Crippen LogP contribution in [0.5, 0.6) is 0 Å². The number of aromatic nitrogens is 2. The van der Waals surface area contributed by atoms with Crippen LogP contribution in [0.4, 0.5) is 0 Å². The standard InChI is InChI=1S/C13H17N3/c1-9-13-11(12-6-3-7-14-12)5-4-8-16(13)10(2)15-9/h4-5,8,12,14H,3,6-7H2,1-2H3. The van der Waals surface area contributed by atoms with Crippen LogP contribution in [-0.4, -0.2) is 15.9 Å². The van der Waals surface area contributed by atoms with E-state index < -0.39 is 0 Å². The Kier molecular flexibility index (Phi) is 2.21. The molecular formula is C13H17N3. The van der Waals surface area contributed by atoms with Gasteiger partial charge in [0, 0.05) is 12.2 Å². The van der Waals surface area contributed by atoms with Crippen LogP contribution >= 0.6 is 0 Å². The fourth-order valence-corrected chi connectivity index (χ4v) is 2.76. The number of rotatable bonds is 1. The van der Waals surface area contributed by atoms with Crippen LogP contribution in [0.25, 0.3) is 5.52 Å². The van der Waals surface area contributed by atoms with Crippen molar-refractivity contribution in [2.24, 2.45) is 0 Å². The van der Waals surface area contributed by atoms with Gasteiger partial charge in [0.2, 0.25) is 0 Å². The lowest BCUT2D eigenvalue weighted by Crippen LogP contribution is -2.13. The van der Waals surface area contributed by atoms with Crippen molar-refractivity contribution in [3.63, 3.8) is 0 Å². The first kappa shape index (κ1) is 9.85. The Morgan fingerprint density at radius 2 is 2.31 bits per heavy atom. The Bertz CT molecular complexity index is 521. The van der Waals surface area contributed by atoms with Crippen molar-refractivity contribution in [1.29, 1.82) is 0 Å². The summed E-state index contributed by atoms with van der Waals surface area (Å²) in [6.45, 7) is 5.30. The van der Waals surface area contributed by atoms with Crippen LogP contribution in [0.2, 0.25) is 0 Å². The number of imidazole rings is 1. The summed E-state index contributed by atoms with van der Waals surface area (Å²) in [5.41, 5.74) is 3.83. The number of aryl methyl sites for hydroxylation is 2. The number of hydrogen-bond donors (Lipinski definition) is 1. The number of nitrogens with one attached hydrogen (secondary N) is 1. The molecule has 3 rings (SSSR count). The van der Waals surface area contributed by atoms with Crippen molar-refractivity contribution in [3.05, 3.63) is 35.4 Å². The normalized spacial score (nSPS) is 20.8. The number of nitrogens with zero attached hydrogens (tertiary/aromatic N) is 2. The highest BCUT2D eigenvalue weighted by Crippen LogP contribution is 2.28. The Morgan fingerprint density at radius 1 is 1.44 bits per heavy atom. The van der Waals surface area contributed by atoms with E-state index in [1.807, 2.05) is 0 Å². The Morgan fingerprint density at radius 3 is 3.06 bits per heavy atom. The van der Waals surface area contributed by atoms with Crippen molar-refractivity contribution in [3.8, 4) is 0 Å². The lowest BCUT2D eigenvalue weighted by atomic mass is 10.0. The molecule has 1 atom stereocenters. The van der Waals surface area contributed by atoms with Crippen LogP contribution in [-0.2, 0) is 0 Å². The maximum atomic E-state index is 4.56. The molecule has 0 radical (unpaired) electrons. The second-order valence-corrected chi connectivity index (χ2v) is 4.58. The molecule has 84 valence electrons. The van der Waals surface area contributed by atoms with E-state index in [0.717, 1.165) is 18.1 Å².